The monoisotopic (exact) mass is 284 g/mol. The van der Waals surface area contributed by atoms with E-state index in [0.717, 1.165) is 11.1 Å². The Kier molecular flexibility index (Phi) is 4.69. The van der Waals surface area contributed by atoms with E-state index >= 15 is 0 Å². The van der Waals surface area contributed by atoms with Gasteiger partial charge in [-0.05, 0) is 53.8 Å². The van der Waals surface area contributed by atoms with E-state index in [1.54, 1.807) is 18.2 Å². The van der Waals surface area contributed by atoms with Crippen molar-refractivity contribution in [1.29, 1.82) is 0 Å². The quantitative estimate of drug-likeness (QED) is 0.637. The lowest BCUT2D eigenvalue weighted by Gasteiger charge is -2.15. The van der Waals surface area contributed by atoms with Gasteiger partial charge in [-0.1, -0.05) is 43.8 Å². The fourth-order valence-electron chi connectivity index (χ4n) is 2.51. The van der Waals surface area contributed by atoms with Gasteiger partial charge in [-0.3, -0.25) is 0 Å². The fraction of sp³-hybridized carbons (Fsp3) is 0.158. The van der Waals surface area contributed by atoms with Crippen LogP contribution in [0.2, 0.25) is 0 Å². The summed E-state index contributed by atoms with van der Waals surface area (Å²) < 4.78 is 27.6. The van der Waals surface area contributed by atoms with Crippen molar-refractivity contribution in [3.8, 4) is 0 Å². The smallest absolute Gasteiger partial charge is 0.131 e. The van der Waals surface area contributed by atoms with Gasteiger partial charge >= 0.3 is 0 Å². The van der Waals surface area contributed by atoms with Crippen molar-refractivity contribution in [2.24, 2.45) is 0 Å². The Morgan fingerprint density at radius 2 is 1.86 bits per heavy atom. The Morgan fingerprint density at radius 3 is 2.48 bits per heavy atom. The van der Waals surface area contributed by atoms with Gasteiger partial charge in [0.25, 0.3) is 0 Å². The minimum atomic E-state index is -0.316. The second-order valence-electron chi connectivity index (χ2n) is 4.82. The Hall–Kier alpha value is -2.22. The zero-order chi connectivity index (χ0) is 15.4. The first kappa shape index (κ1) is 15.2. The summed E-state index contributed by atoms with van der Waals surface area (Å²) >= 11 is 0. The zero-order valence-corrected chi connectivity index (χ0v) is 12.3. The lowest BCUT2D eigenvalue weighted by Crippen LogP contribution is -1.98. The molecule has 2 rings (SSSR count). The Morgan fingerprint density at radius 1 is 1.14 bits per heavy atom. The van der Waals surface area contributed by atoms with Crippen LogP contribution in [0.25, 0.3) is 11.1 Å². The summed E-state index contributed by atoms with van der Waals surface area (Å²) in [5.74, 6) is -0.612. The van der Waals surface area contributed by atoms with Gasteiger partial charge in [-0.15, -0.1) is 0 Å². The van der Waals surface area contributed by atoms with Crippen molar-refractivity contribution in [3.63, 3.8) is 0 Å². The van der Waals surface area contributed by atoms with Gasteiger partial charge < -0.3 is 0 Å². The molecule has 0 atom stereocenters. The van der Waals surface area contributed by atoms with Crippen molar-refractivity contribution in [2.75, 3.05) is 0 Å². The lowest BCUT2D eigenvalue weighted by atomic mass is 9.89. The first-order valence-electron chi connectivity index (χ1n) is 6.97. The molecule has 0 aromatic heterocycles. The SMILES string of the molecule is C=C(C(=CC)c1cccc(F)c1)c1c(F)cccc1CC. The molecule has 0 unspecified atom stereocenters. The molecular weight excluding hydrogens is 266 g/mol. The van der Waals surface area contributed by atoms with Crippen LogP contribution in [0, 0.1) is 11.6 Å². The van der Waals surface area contributed by atoms with E-state index in [4.69, 9.17) is 0 Å². The minimum Gasteiger partial charge on any atom is -0.207 e. The molecule has 0 nitrogen and oxygen atoms in total. The standard InChI is InChI=1S/C19H18F2/c1-4-14-8-7-11-18(21)19(14)13(3)17(5-2)15-9-6-10-16(20)12-15/h5-12H,3-4H2,1-2H3. The normalized spacial score (nSPS) is 11.5. The fourth-order valence-corrected chi connectivity index (χ4v) is 2.51. The van der Waals surface area contributed by atoms with Gasteiger partial charge in [-0.25, -0.2) is 8.78 Å². The van der Waals surface area contributed by atoms with Gasteiger partial charge in [0.05, 0.1) is 0 Å². The third-order valence-corrected chi connectivity index (χ3v) is 3.53. The first-order valence-corrected chi connectivity index (χ1v) is 6.97. The third-order valence-electron chi connectivity index (χ3n) is 3.53. The molecule has 0 aliphatic heterocycles. The van der Waals surface area contributed by atoms with Crippen molar-refractivity contribution in [1.82, 2.24) is 0 Å². The van der Waals surface area contributed by atoms with E-state index < -0.39 is 0 Å². The largest absolute Gasteiger partial charge is 0.207 e. The minimum absolute atomic E-state index is 0.296. The number of benzene rings is 2. The molecule has 2 heteroatoms. The molecule has 0 saturated heterocycles. The van der Waals surface area contributed by atoms with Gasteiger partial charge in [-0.2, -0.15) is 0 Å². The van der Waals surface area contributed by atoms with Gasteiger partial charge in [0.2, 0.25) is 0 Å². The zero-order valence-electron chi connectivity index (χ0n) is 12.3. The molecule has 108 valence electrons. The summed E-state index contributed by atoms with van der Waals surface area (Å²) in [5.41, 5.74) is 3.44. The molecule has 0 fully saturated rings. The van der Waals surface area contributed by atoms with Crippen LogP contribution in [0.1, 0.15) is 30.5 Å². The van der Waals surface area contributed by atoms with Crippen LogP contribution in [-0.4, -0.2) is 0 Å². The average Bonchev–Trinajstić information content (AvgIpc) is 2.47. The molecule has 0 saturated carbocycles. The second-order valence-corrected chi connectivity index (χ2v) is 4.82. The highest BCUT2D eigenvalue weighted by molar-refractivity contribution is 6.04. The maximum absolute atomic E-state index is 14.2. The Labute approximate surface area is 124 Å². The maximum atomic E-state index is 14.2. The number of rotatable bonds is 4. The number of allylic oxidation sites excluding steroid dienone is 3. The molecule has 0 aliphatic carbocycles. The van der Waals surface area contributed by atoms with Crippen LogP contribution in [0.4, 0.5) is 8.78 Å². The summed E-state index contributed by atoms with van der Waals surface area (Å²) in [6.45, 7) is 7.86. The average molecular weight is 284 g/mol. The van der Waals surface area contributed by atoms with E-state index in [-0.39, 0.29) is 11.6 Å². The molecule has 0 bridgehead atoms. The van der Waals surface area contributed by atoms with E-state index in [1.165, 1.54) is 18.2 Å². The van der Waals surface area contributed by atoms with Crippen molar-refractivity contribution < 1.29 is 8.78 Å². The molecule has 2 aromatic carbocycles. The molecule has 2 aromatic rings. The van der Waals surface area contributed by atoms with Crippen LogP contribution in [-0.2, 0) is 6.42 Å². The topological polar surface area (TPSA) is 0 Å². The lowest BCUT2D eigenvalue weighted by molar-refractivity contribution is 0.622. The highest BCUT2D eigenvalue weighted by Crippen LogP contribution is 2.33. The van der Waals surface area contributed by atoms with Crippen molar-refractivity contribution in [2.45, 2.75) is 20.3 Å². The van der Waals surface area contributed by atoms with Crippen molar-refractivity contribution in [3.05, 3.63) is 83.4 Å². The van der Waals surface area contributed by atoms with E-state index in [1.807, 2.05) is 26.0 Å². The summed E-state index contributed by atoms with van der Waals surface area (Å²) in [6.07, 6.45) is 2.55. The van der Waals surface area contributed by atoms with E-state index in [2.05, 4.69) is 6.58 Å². The van der Waals surface area contributed by atoms with E-state index in [9.17, 15) is 8.78 Å². The van der Waals surface area contributed by atoms with Gasteiger partial charge in [0.1, 0.15) is 11.6 Å². The molecule has 0 spiro atoms. The molecule has 0 heterocycles. The summed E-state index contributed by atoms with van der Waals surface area (Å²) in [7, 11) is 0. The predicted molar refractivity (Wildman–Crippen MR) is 84.9 cm³/mol. The van der Waals surface area contributed by atoms with Crippen LogP contribution in [0.3, 0.4) is 0 Å². The summed E-state index contributed by atoms with van der Waals surface area (Å²) in [5, 5.41) is 0. The molecule has 0 radical (unpaired) electrons. The molecule has 21 heavy (non-hydrogen) atoms. The van der Waals surface area contributed by atoms with Gasteiger partial charge in [0.15, 0.2) is 0 Å². The third kappa shape index (κ3) is 3.10. The van der Waals surface area contributed by atoms with Crippen molar-refractivity contribution >= 4 is 11.1 Å². The molecule has 0 aliphatic rings. The first-order chi connectivity index (χ1) is 10.1. The van der Waals surface area contributed by atoms with Crippen LogP contribution >= 0.6 is 0 Å². The Bertz CT molecular complexity index is 696. The highest BCUT2D eigenvalue weighted by Gasteiger charge is 2.15. The number of hydrogen-bond acceptors (Lipinski definition) is 0. The van der Waals surface area contributed by atoms with E-state index in [0.29, 0.717) is 23.1 Å². The number of hydrogen-bond donors (Lipinski definition) is 0. The molecule has 0 N–H and O–H groups in total. The number of halogens is 2. The Balaban J connectivity index is 2.53. The van der Waals surface area contributed by atoms with Crippen LogP contribution in [0.15, 0.2) is 55.1 Å². The summed E-state index contributed by atoms with van der Waals surface area (Å²) in [4.78, 5) is 0. The number of aryl methyl sites for hydroxylation is 1. The predicted octanol–water partition coefficient (Wildman–Crippen LogP) is 5.64. The molecule has 0 amide bonds. The van der Waals surface area contributed by atoms with Crippen LogP contribution < -0.4 is 0 Å². The van der Waals surface area contributed by atoms with Crippen LogP contribution in [0.5, 0.6) is 0 Å². The maximum Gasteiger partial charge on any atom is 0.131 e. The summed E-state index contributed by atoms with van der Waals surface area (Å²) in [6, 6.07) is 11.3. The highest BCUT2D eigenvalue weighted by atomic mass is 19.1. The second kappa shape index (κ2) is 6.49. The molecular formula is C19H18F2. The van der Waals surface area contributed by atoms with Gasteiger partial charge in [0, 0.05) is 5.56 Å².